The first-order valence-electron chi connectivity index (χ1n) is 10.5. The van der Waals surface area contributed by atoms with Gasteiger partial charge in [-0.1, -0.05) is 0 Å². The minimum atomic E-state index is -0.493. The van der Waals surface area contributed by atoms with Crippen molar-refractivity contribution >= 4 is 34.3 Å². The summed E-state index contributed by atoms with van der Waals surface area (Å²) >= 11 is 1.27. The minimum absolute atomic E-state index is 0.216. The second kappa shape index (κ2) is 9.47. The van der Waals surface area contributed by atoms with E-state index in [1.165, 1.54) is 11.3 Å². The number of amides is 2. The van der Waals surface area contributed by atoms with E-state index >= 15 is 0 Å². The van der Waals surface area contributed by atoms with Gasteiger partial charge in [0.1, 0.15) is 18.2 Å². The molecule has 2 aromatic rings. The summed E-state index contributed by atoms with van der Waals surface area (Å²) in [7, 11) is 0. The predicted molar refractivity (Wildman–Crippen MR) is 117 cm³/mol. The van der Waals surface area contributed by atoms with Crippen molar-refractivity contribution < 1.29 is 33.3 Å². The molecule has 0 fully saturated rings. The number of nitrogens with one attached hydrogen (secondary N) is 1. The highest BCUT2D eigenvalue weighted by Gasteiger charge is 2.31. The lowest BCUT2D eigenvalue weighted by Crippen LogP contribution is -2.36. The summed E-state index contributed by atoms with van der Waals surface area (Å²) < 4.78 is 21.4. The molecule has 1 N–H and O–H groups in total. The molecule has 0 unspecified atom stereocenters. The van der Waals surface area contributed by atoms with Crippen LogP contribution in [-0.2, 0) is 22.4 Å². The molecule has 10 heteroatoms. The molecule has 1 aromatic carbocycles. The first kappa shape index (κ1) is 21.9. The molecule has 0 spiro atoms. The van der Waals surface area contributed by atoms with Gasteiger partial charge in [0.15, 0.2) is 11.5 Å². The van der Waals surface area contributed by atoms with Crippen LogP contribution in [0.1, 0.15) is 45.0 Å². The molecule has 2 amide bonds. The lowest BCUT2D eigenvalue weighted by molar-refractivity contribution is 0.0526. The maximum absolute atomic E-state index is 13.0. The summed E-state index contributed by atoms with van der Waals surface area (Å²) in [4.78, 5) is 40.2. The zero-order valence-electron chi connectivity index (χ0n) is 17.9. The largest absolute Gasteiger partial charge is 0.486 e. The fourth-order valence-electron chi connectivity index (χ4n) is 3.64. The van der Waals surface area contributed by atoms with Crippen LogP contribution in [0.15, 0.2) is 18.2 Å². The summed E-state index contributed by atoms with van der Waals surface area (Å²) in [6.45, 7) is 5.60. The van der Waals surface area contributed by atoms with Crippen molar-refractivity contribution in [1.29, 1.82) is 0 Å². The van der Waals surface area contributed by atoms with Crippen molar-refractivity contribution in [3.05, 3.63) is 39.8 Å². The van der Waals surface area contributed by atoms with Crippen molar-refractivity contribution in [3.63, 3.8) is 0 Å². The van der Waals surface area contributed by atoms with Gasteiger partial charge in [-0.05, 0) is 44.0 Å². The Kier molecular flexibility index (Phi) is 6.50. The quantitative estimate of drug-likeness (QED) is 0.682. The number of ether oxygens (including phenoxy) is 4. The Balaban J connectivity index is 1.61. The van der Waals surface area contributed by atoms with Gasteiger partial charge in [-0.3, -0.25) is 4.79 Å². The first-order chi connectivity index (χ1) is 15.5. The molecule has 0 radical (unpaired) electrons. The maximum Gasteiger partial charge on any atom is 0.410 e. The number of carbonyl (C=O) groups excluding carboxylic acids is 3. The number of esters is 1. The van der Waals surface area contributed by atoms with Gasteiger partial charge >= 0.3 is 12.1 Å². The number of anilines is 1. The molecular weight excluding hydrogens is 436 g/mol. The summed E-state index contributed by atoms with van der Waals surface area (Å²) in [5.74, 6) is 0.219. The van der Waals surface area contributed by atoms with Crippen molar-refractivity contribution in [2.75, 3.05) is 38.3 Å². The van der Waals surface area contributed by atoms with E-state index in [4.69, 9.17) is 18.9 Å². The van der Waals surface area contributed by atoms with E-state index in [9.17, 15) is 14.4 Å². The molecule has 4 rings (SSSR count). The second-order valence-electron chi connectivity index (χ2n) is 7.11. The van der Waals surface area contributed by atoms with Gasteiger partial charge in [-0.15, -0.1) is 11.3 Å². The summed E-state index contributed by atoms with van der Waals surface area (Å²) in [6.07, 6.45) is 0.0738. The Morgan fingerprint density at radius 3 is 2.59 bits per heavy atom. The Hall–Kier alpha value is -3.27. The number of thiophene rings is 1. The number of hydrogen-bond donors (Lipinski definition) is 1. The third-order valence-corrected chi connectivity index (χ3v) is 6.23. The molecule has 32 heavy (non-hydrogen) atoms. The van der Waals surface area contributed by atoms with Gasteiger partial charge in [0.25, 0.3) is 5.91 Å². The van der Waals surface area contributed by atoms with E-state index < -0.39 is 12.1 Å². The predicted octanol–water partition coefficient (Wildman–Crippen LogP) is 3.46. The number of rotatable bonds is 5. The average Bonchev–Trinajstić information content (AvgIpc) is 3.16. The smallest absolute Gasteiger partial charge is 0.410 e. The molecule has 9 nitrogen and oxygen atoms in total. The van der Waals surface area contributed by atoms with Gasteiger partial charge in [0.05, 0.1) is 25.3 Å². The van der Waals surface area contributed by atoms with Gasteiger partial charge in [0.2, 0.25) is 0 Å². The highest BCUT2D eigenvalue weighted by molar-refractivity contribution is 7.17. The molecule has 0 saturated carbocycles. The standard InChI is InChI=1S/C22H24N2O7S/c1-3-28-21(26)18-14-7-8-24(22(27)29-4-2)12-17(14)32-20(18)23-19(25)13-5-6-15-16(11-13)31-10-9-30-15/h5-6,11H,3-4,7-10,12H2,1-2H3,(H,23,25). The lowest BCUT2D eigenvalue weighted by atomic mass is 10.0. The van der Waals surface area contributed by atoms with E-state index in [2.05, 4.69) is 5.32 Å². The number of benzene rings is 1. The Labute approximate surface area is 189 Å². The van der Waals surface area contributed by atoms with E-state index in [0.717, 1.165) is 10.4 Å². The molecule has 0 bridgehead atoms. The van der Waals surface area contributed by atoms with E-state index in [-0.39, 0.29) is 19.1 Å². The Bertz CT molecular complexity index is 1050. The van der Waals surface area contributed by atoms with Gasteiger partial charge in [0, 0.05) is 17.0 Å². The van der Waals surface area contributed by atoms with E-state index in [1.54, 1.807) is 36.9 Å². The van der Waals surface area contributed by atoms with Gasteiger partial charge in [-0.25, -0.2) is 9.59 Å². The molecule has 0 aliphatic carbocycles. The molecule has 2 aliphatic heterocycles. The molecule has 0 saturated heterocycles. The second-order valence-corrected chi connectivity index (χ2v) is 8.22. The highest BCUT2D eigenvalue weighted by Crippen LogP contribution is 2.38. The van der Waals surface area contributed by atoms with Crippen LogP contribution in [0.3, 0.4) is 0 Å². The molecule has 0 atom stereocenters. The van der Waals surface area contributed by atoms with Crippen molar-refractivity contribution in [3.8, 4) is 11.5 Å². The number of nitrogens with zero attached hydrogens (tertiary/aromatic N) is 1. The molecular formula is C22H24N2O7S. The zero-order chi connectivity index (χ0) is 22.7. The molecule has 1 aromatic heterocycles. The van der Waals surface area contributed by atoms with Crippen molar-refractivity contribution in [2.45, 2.75) is 26.8 Å². The van der Waals surface area contributed by atoms with Crippen molar-refractivity contribution in [1.82, 2.24) is 4.90 Å². The van der Waals surface area contributed by atoms with Crippen LogP contribution in [-0.4, -0.2) is 55.8 Å². The third-order valence-electron chi connectivity index (χ3n) is 5.09. The zero-order valence-corrected chi connectivity index (χ0v) is 18.7. The van der Waals surface area contributed by atoms with Gasteiger partial charge < -0.3 is 29.2 Å². The van der Waals surface area contributed by atoms with E-state index in [1.807, 2.05) is 0 Å². The minimum Gasteiger partial charge on any atom is -0.486 e. The normalized spacial score (nSPS) is 14.4. The first-order valence-corrected chi connectivity index (χ1v) is 11.3. The van der Waals surface area contributed by atoms with Crippen LogP contribution in [0.2, 0.25) is 0 Å². The van der Waals surface area contributed by atoms with E-state index in [0.29, 0.717) is 60.4 Å². The van der Waals surface area contributed by atoms with Crippen LogP contribution in [0.5, 0.6) is 11.5 Å². The number of carbonyl (C=O) groups is 3. The fraction of sp³-hybridized carbons (Fsp3) is 0.409. The van der Waals surface area contributed by atoms with Crippen LogP contribution in [0.4, 0.5) is 9.80 Å². The van der Waals surface area contributed by atoms with Crippen molar-refractivity contribution in [2.24, 2.45) is 0 Å². The van der Waals surface area contributed by atoms with Crippen LogP contribution < -0.4 is 14.8 Å². The van der Waals surface area contributed by atoms with Crippen LogP contribution in [0, 0.1) is 0 Å². The highest BCUT2D eigenvalue weighted by atomic mass is 32.1. The monoisotopic (exact) mass is 460 g/mol. The summed E-state index contributed by atoms with van der Waals surface area (Å²) in [5, 5.41) is 3.25. The number of hydrogen-bond acceptors (Lipinski definition) is 8. The molecule has 3 heterocycles. The Morgan fingerprint density at radius 1 is 1.09 bits per heavy atom. The number of fused-ring (bicyclic) bond motifs is 2. The molecule has 170 valence electrons. The fourth-order valence-corrected chi connectivity index (χ4v) is 4.89. The van der Waals surface area contributed by atoms with Crippen LogP contribution in [0.25, 0.3) is 0 Å². The SMILES string of the molecule is CCOC(=O)c1c(NC(=O)c2ccc3c(c2)OCCO3)sc2c1CCN(C(=O)OCC)C2. The topological polar surface area (TPSA) is 103 Å². The van der Waals surface area contributed by atoms with Gasteiger partial charge in [-0.2, -0.15) is 0 Å². The molecule has 2 aliphatic rings. The summed E-state index contributed by atoms with van der Waals surface area (Å²) in [6, 6.07) is 4.94. The summed E-state index contributed by atoms with van der Waals surface area (Å²) in [5.41, 5.74) is 1.52. The maximum atomic E-state index is 13.0. The Morgan fingerprint density at radius 2 is 1.84 bits per heavy atom. The average molecular weight is 461 g/mol. The van der Waals surface area contributed by atoms with Crippen LogP contribution >= 0.6 is 11.3 Å². The lowest BCUT2D eigenvalue weighted by Gasteiger charge is -2.26. The third kappa shape index (κ3) is 4.36.